The number of carbonyl (C=O) groups excluding carboxylic acids is 1. The zero-order valence-electron chi connectivity index (χ0n) is 11.6. The van der Waals surface area contributed by atoms with E-state index in [0.717, 1.165) is 12.8 Å². The molecule has 110 valence electrons. The SMILES string of the molecule is CCOC(=O)N1CCC(Nc2cc(N)cc(F)c2)CC1. The predicted molar refractivity (Wildman–Crippen MR) is 76.1 cm³/mol. The van der Waals surface area contributed by atoms with Gasteiger partial charge in [0.1, 0.15) is 5.82 Å². The van der Waals surface area contributed by atoms with Gasteiger partial charge in [-0.2, -0.15) is 0 Å². The minimum Gasteiger partial charge on any atom is -0.450 e. The molecule has 1 aliphatic rings. The molecule has 1 aliphatic heterocycles. The molecule has 0 aromatic heterocycles. The van der Waals surface area contributed by atoms with Gasteiger partial charge in [-0.25, -0.2) is 9.18 Å². The highest BCUT2D eigenvalue weighted by Crippen LogP contribution is 2.20. The topological polar surface area (TPSA) is 67.6 Å². The number of nitrogen functional groups attached to an aromatic ring is 1. The third kappa shape index (κ3) is 3.76. The molecule has 1 fully saturated rings. The molecule has 3 N–H and O–H groups in total. The average Bonchev–Trinajstić information content (AvgIpc) is 2.38. The van der Waals surface area contributed by atoms with E-state index in [4.69, 9.17) is 10.5 Å². The second-order valence-corrected chi connectivity index (χ2v) is 4.88. The molecule has 20 heavy (non-hydrogen) atoms. The molecule has 1 heterocycles. The molecule has 0 unspecified atom stereocenters. The number of benzene rings is 1. The number of likely N-dealkylation sites (tertiary alicyclic amines) is 1. The Hall–Kier alpha value is -1.98. The molecular weight excluding hydrogens is 261 g/mol. The van der Waals surface area contributed by atoms with Gasteiger partial charge in [-0.1, -0.05) is 0 Å². The molecule has 2 rings (SSSR count). The van der Waals surface area contributed by atoms with Gasteiger partial charge in [0.05, 0.1) is 6.61 Å². The summed E-state index contributed by atoms with van der Waals surface area (Å²) in [6.45, 7) is 3.46. The van der Waals surface area contributed by atoms with Crippen LogP contribution in [0, 0.1) is 5.82 Å². The van der Waals surface area contributed by atoms with Gasteiger partial charge in [0, 0.05) is 30.5 Å². The Labute approximate surface area is 117 Å². The van der Waals surface area contributed by atoms with Gasteiger partial charge >= 0.3 is 6.09 Å². The van der Waals surface area contributed by atoms with E-state index in [1.807, 2.05) is 0 Å². The smallest absolute Gasteiger partial charge is 0.409 e. The maximum absolute atomic E-state index is 13.2. The fourth-order valence-corrected chi connectivity index (χ4v) is 2.35. The van der Waals surface area contributed by atoms with E-state index >= 15 is 0 Å². The molecule has 0 bridgehead atoms. The second-order valence-electron chi connectivity index (χ2n) is 4.88. The summed E-state index contributed by atoms with van der Waals surface area (Å²) >= 11 is 0. The molecule has 6 heteroatoms. The first-order chi connectivity index (χ1) is 9.58. The number of carbonyl (C=O) groups is 1. The molecule has 1 aromatic carbocycles. The fraction of sp³-hybridized carbons (Fsp3) is 0.500. The lowest BCUT2D eigenvalue weighted by molar-refractivity contribution is 0.0983. The Morgan fingerprint density at radius 2 is 2.15 bits per heavy atom. The van der Waals surface area contributed by atoms with Gasteiger partial charge in [0.15, 0.2) is 0 Å². The Balaban J connectivity index is 1.86. The second kappa shape index (κ2) is 6.45. The maximum Gasteiger partial charge on any atom is 0.409 e. The Morgan fingerprint density at radius 1 is 1.45 bits per heavy atom. The number of hydrogen-bond acceptors (Lipinski definition) is 4. The van der Waals surface area contributed by atoms with Crippen LogP contribution in [-0.4, -0.2) is 36.7 Å². The highest BCUT2D eigenvalue weighted by atomic mass is 19.1. The number of nitrogens with zero attached hydrogens (tertiary/aromatic N) is 1. The summed E-state index contributed by atoms with van der Waals surface area (Å²) in [5.41, 5.74) is 6.69. The molecule has 0 aliphatic carbocycles. The van der Waals surface area contributed by atoms with E-state index < -0.39 is 0 Å². The largest absolute Gasteiger partial charge is 0.450 e. The summed E-state index contributed by atoms with van der Waals surface area (Å²) in [4.78, 5) is 13.3. The van der Waals surface area contributed by atoms with Gasteiger partial charge in [0.2, 0.25) is 0 Å². The summed E-state index contributed by atoms with van der Waals surface area (Å²) in [6, 6.07) is 4.63. The van der Waals surface area contributed by atoms with Gasteiger partial charge < -0.3 is 20.7 Å². The first-order valence-electron chi connectivity index (χ1n) is 6.82. The van der Waals surface area contributed by atoms with Crippen LogP contribution in [0.5, 0.6) is 0 Å². The molecule has 0 spiro atoms. The standard InChI is InChI=1S/C14H20FN3O2/c1-2-20-14(19)18-5-3-12(4-6-18)17-13-8-10(15)7-11(16)9-13/h7-9,12,17H,2-6,16H2,1H3. The van der Waals surface area contributed by atoms with Crippen LogP contribution in [0.2, 0.25) is 0 Å². The van der Waals surface area contributed by atoms with Crippen LogP contribution in [0.3, 0.4) is 0 Å². The van der Waals surface area contributed by atoms with Crippen LogP contribution < -0.4 is 11.1 Å². The normalized spacial score (nSPS) is 16.0. The van der Waals surface area contributed by atoms with Crippen molar-refractivity contribution >= 4 is 17.5 Å². The highest BCUT2D eigenvalue weighted by Gasteiger charge is 2.23. The molecule has 1 saturated heterocycles. The monoisotopic (exact) mass is 281 g/mol. The minimum absolute atomic E-state index is 0.210. The summed E-state index contributed by atoms with van der Waals surface area (Å²) in [6.07, 6.45) is 1.34. The maximum atomic E-state index is 13.2. The van der Waals surface area contributed by atoms with Crippen molar-refractivity contribution in [1.29, 1.82) is 0 Å². The number of anilines is 2. The molecular formula is C14H20FN3O2. The summed E-state index contributed by atoms with van der Waals surface area (Å²) < 4.78 is 18.2. The Bertz CT molecular complexity index is 453. The Kier molecular flexibility index (Phi) is 4.65. The number of amides is 1. The minimum atomic E-state index is -0.351. The van der Waals surface area contributed by atoms with Crippen molar-refractivity contribution < 1.29 is 13.9 Å². The van der Waals surface area contributed by atoms with E-state index in [0.29, 0.717) is 31.1 Å². The quantitative estimate of drug-likeness (QED) is 0.835. The van der Waals surface area contributed by atoms with Crippen molar-refractivity contribution in [3.63, 3.8) is 0 Å². The van der Waals surface area contributed by atoms with Crippen LogP contribution in [0.25, 0.3) is 0 Å². The first kappa shape index (κ1) is 14.4. The van der Waals surface area contributed by atoms with Gasteiger partial charge in [-0.3, -0.25) is 0 Å². The fourth-order valence-electron chi connectivity index (χ4n) is 2.35. The lowest BCUT2D eigenvalue weighted by Crippen LogP contribution is -2.42. The number of ether oxygens (including phenoxy) is 1. The molecule has 5 nitrogen and oxygen atoms in total. The van der Waals surface area contributed by atoms with E-state index in [2.05, 4.69) is 5.32 Å². The van der Waals surface area contributed by atoms with E-state index in [-0.39, 0.29) is 18.0 Å². The average molecular weight is 281 g/mol. The van der Waals surface area contributed by atoms with Crippen molar-refractivity contribution in [3.8, 4) is 0 Å². The van der Waals surface area contributed by atoms with Crippen molar-refractivity contribution in [2.45, 2.75) is 25.8 Å². The van der Waals surface area contributed by atoms with Crippen LogP contribution in [0.4, 0.5) is 20.6 Å². The molecule has 1 amide bonds. The molecule has 0 saturated carbocycles. The predicted octanol–water partition coefficient (Wildman–Crippen LogP) is 2.44. The molecule has 0 atom stereocenters. The van der Waals surface area contributed by atoms with Gasteiger partial charge in [0.25, 0.3) is 0 Å². The van der Waals surface area contributed by atoms with Crippen molar-refractivity contribution in [1.82, 2.24) is 4.90 Å². The Morgan fingerprint density at radius 3 is 2.75 bits per heavy atom. The number of halogens is 1. The number of rotatable bonds is 3. The van der Waals surface area contributed by atoms with Crippen LogP contribution >= 0.6 is 0 Å². The van der Waals surface area contributed by atoms with E-state index in [1.54, 1.807) is 17.9 Å². The summed E-state index contributed by atoms with van der Waals surface area (Å²) in [7, 11) is 0. The van der Waals surface area contributed by atoms with Crippen LogP contribution in [0.15, 0.2) is 18.2 Å². The number of piperidine rings is 1. The summed E-state index contributed by atoms with van der Waals surface area (Å²) in [5.74, 6) is -0.351. The van der Waals surface area contributed by atoms with Crippen molar-refractivity contribution in [2.75, 3.05) is 30.7 Å². The van der Waals surface area contributed by atoms with Gasteiger partial charge in [-0.05, 0) is 38.0 Å². The first-order valence-corrected chi connectivity index (χ1v) is 6.82. The van der Waals surface area contributed by atoms with E-state index in [9.17, 15) is 9.18 Å². The number of hydrogen-bond donors (Lipinski definition) is 2. The van der Waals surface area contributed by atoms with Crippen molar-refractivity contribution in [3.05, 3.63) is 24.0 Å². The molecule has 1 aromatic rings. The van der Waals surface area contributed by atoms with E-state index in [1.165, 1.54) is 12.1 Å². The lowest BCUT2D eigenvalue weighted by Gasteiger charge is -2.32. The number of nitrogens with one attached hydrogen (secondary N) is 1. The van der Waals surface area contributed by atoms with Gasteiger partial charge in [-0.15, -0.1) is 0 Å². The zero-order valence-corrected chi connectivity index (χ0v) is 11.6. The molecule has 0 radical (unpaired) electrons. The number of nitrogens with two attached hydrogens (primary N) is 1. The summed E-state index contributed by atoms with van der Waals surface area (Å²) in [5, 5.41) is 3.26. The third-order valence-electron chi connectivity index (χ3n) is 3.31. The third-order valence-corrected chi connectivity index (χ3v) is 3.31. The lowest BCUT2D eigenvalue weighted by atomic mass is 10.0. The highest BCUT2D eigenvalue weighted by molar-refractivity contribution is 5.67. The van der Waals surface area contributed by atoms with Crippen molar-refractivity contribution in [2.24, 2.45) is 0 Å². The van der Waals surface area contributed by atoms with Crippen LogP contribution in [-0.2, 0) is 4.74 Å². The zero-order chi connectivity index (χ0) is 14.5. The van der Waals surface area contributed by atoms with Crippen LogP contribution in [0.1, 0.15) is 19.8 Å².